The van der Waals surface area contributed by atoms with Crippen LogP contribution in [0.1, 0.15) is 18.5 Å². The maximum Gasteiger partial charge on any atom is 0.137 e. The van der Waals surface area contributed by atoms with Crippen LogP contribution < -0.4 is 10.5 Å². The summed E-state index contributed by atoms with van der Waals surface area (Å²) in [6.45, 7) is 1.91. The van der Waals surface area contributed by atoms with Crippen molar-refractivity contribution >= 4 is 15.9 Å². The first-order valence-electron chi connectivity index (χ1n) is 5.54. The van der Waals surface area contributed by atoms with Crippen LogP contribution in [-0.4, -0.2) is 0 Å². The summed E-state index contributed by atoms with van der Waals surface area (Å²) in [4.78, 5) is 0. The third kappa shape index (κ3) is 3.09. The number of rotatable bonds is 3. The first-order valence-corrected chi connectivity index (χ1v) is 6.34. The van der Waals surface area contributed by atoms with Gasteiger partial charge in [0.2, 0.25) is 0 Å². The second-order valence-electron chi connectivity index (χ2n) is 4.04. The second-order valence-corrected chi connectivity index (χ2v) is 4.89. The van der Waals surface area contributed by atoms with E-state index in [0.717, 1.165) is 5.56 Å². The second kappa shape index (κ2) is 5.50. The Balaban J connectivity index is 2.23. The SMILES string of the molecule is CC(N)c1cccc(Oc2ccc(F)c(Br)c2)c1. The molecule has 2 aromatic rings. The summed E-state index contributed by atoms with van der Waals surface area (Å²) in [6, 6.07) is 12.0. The number of ether oxygens (including phenoxy) is 1. The zero-order valence-corrected chi connectivity index (χ0v) is 11.4. The van der Waals surface area contributed by atoms with Crippen LogP contribution in [0.2, 0.25) is 0 Å². The summed E-state index contributed by atoms with van der Waals surface area (Å²) >= 11 is 3.12. The lowest BCUT2D eigenvalue weighted by molar-refractivity contribution is 0.478. The van der Waals surface area contributed by atoms with Gasteiger partial charge in [0.05, 0.1) is 4.47 Å². The lowest BCUT2D eigenvalue weighted by Crippen LogP contribution is -2.04. The lowest BCUT2D eigenvalue weighted by atomic mass is 10.1. The van der Waals surface area contributed by atoms with Crippen molar-refractivity contribution in [1.29, 1.82) is 0 Å². The maximum atomic E-state index is 13.1. The Morgan fingerprint density at radius 1 is 1.17 bits per heavy atom. The molecule has 0 heterocycles. The molecular formula is C14H13BrFNO. The average Bonchev–Trinajstić information content (AvgIpc) is 2.34. The van der Waals surface area contributed by atoms with Gasteiger partial charge in [-0.25, -0.2) is 4.39 Å². The van der Waals surface area contributed by atoms with Crippen molar-refractivity contribution in [1.82, 2.24) is 0 Å². The minimum absolute atomic E-state index is 0.0477. The van der Waals surface area contributed by atoms with Crippen molar-refractivity contribution in [2.45, 2.75) is 13.0 Å². The van der Waals surface area contributed by atoms with Crippen LogP contribution in [-0.2, 0) is 0 Å². The molecule has 2 rings (SSSR count). The van der Waals surface area contributed by atoms with E-state index in [1.165, 1.54) is 6.07 Å². The van der Waals surface area contributed by atoms with Crippen LogP contribution in [0.25, 0.3) is 0 Å². The molecular weight excluding hydrogens is 297 g/mol. The normalized spacial score (nSPS) is 12.2. The number of halogens is 2. The van der Waals surface area contributed by atoms with E-state index in [9.17, 15) is 4.39 Å². The molecule has 0 aliphatic rings. The van der Waals surface area contributed by atoms with Crippen molar-refractivity contribution in [3.05, 3.63) is 58.3 Å². The molecule has 18 heavy (non-hydrogen) atoms. The summed E-state index contributed by atoms with van der Waals surface area (Å²) < 4.78 is 19.1. The predicted octanol–water partition coefficient (Wildman–Crippen LogP) is 4.40. The van der Waals surface area contributed by atoms with E-state index in [-0.39, 0.29) is 11.9 Å². The Bertz CT molecular complexity index is 557. The predicted molar refractivity (Wildman–Crippen MR) is 73.2 cm³/mol. The molecule has 1 unspecified atom stereocenters. The molecule has 0 saturated carbocycles. The fourth-order valence-electron chi connectivity index (χ4n) is 1.54. The molecule has 2 nitrogen and oxygen atoms in total. The van der Waals surface area contributed by atoms with Gasteiger partial charge in [0.1, 0.15) is 17.3 Å². The standard InChI is InChI=1S/C14H13BrFNO/c1-9(17)10-3-2-4-11(7-10)18-12-5-6-14(16)13(15)8-12/h2-9H,17H2,1H3. The van der Waals surface area contributed by atoms with Gasteiger partial charge in [-0.1, -0.05) is 12.1 Å². The molecule has 94 valence electrons. The quantitative estimate of drug-likeness (QED) is 0.912. The monoisotopic (exact) mass is 309 g/mol. The summed E-state index contributed by atoms with van der Waals surface area (Å²) in [7, 11) is 0. The van der Waals surface area contributed by atoms with E-state index in [1.54, 1.807) is 12.1 Å². The Labute approximate surface area is 114 Å². The highest BCUT2D eigenvalue weighted by Crippen LogP contribution is 2.27. The van der Waals surface area contributed by atoms with Gasteiger partial charge in [0, 0.05) is 6.04 Å². The zero-order valence-electron chi connectivity index (χ0n) is 9.86. The minimum atomic E-state index is -0.313. The van der Waals surface area contributed by atoms with Crippen molar-refractivity contribution in [2.75, 3.05) is 0 Å². The molecule has 4 heteroatoms. The van der Waals surface area contributed by atoms with Crippen molar-refractivity contribution in [3.8, 4) is 11.5 Å². The van der Waals surface area contributed by atoms with E-state index < -0.39 is 0 Å². The number of benzene rings is 2. The van der Waals surface area contributed by atoms with Gasteiger partial charge in [-0.2, -0.15) is 0 Å². The Morgan fingerprint density at radius 2 is 1.89 bits per heavy atom. The van der Waals surface area contributed by atoms with Gasteiger partial charge in [-0.05, 0) is 58.7 Å². The molecule has 0 bridgehead atoms. The van der Waals surface area contributed by atoms with Gasteiger partial charge in [-0.15, -0.1) is 0 Å². The van der Waals surface area contributed by atoms with E-state index in [4.69, 9.17) is 10.5 Å². The van der Waals surface area contributed by atoms with E-state index in [1.807, 2.05) is 31.2 Å². The molecule has 0 spiro atoms. The lowest BCUT2D eigenvalue weighted by Gasteiger charge is -2.10. The Morgan fingerprint density at radius 3 is 2.56 bits per heavy atom. The summed E-state index contributed by atoms with van der Waals surface area (Å²) in [5.41, 5.74) is 6.80. The average molecular weight is 310 g/mol. The van der Waals surface area contributed by atoms with Gasteiger partial charge >= 0.3 is 0 Å². The molecule has 0 aliphatic carbocycles. The van der Waals surface area contributed by atoms with Gasteiger partial charge in [0.25, 0.3) is 0 Å². The van der Waals surface area contributed by atoms with E-state index >= 15 is 0 Å². The van der Waals surface area contributed by atoms with Crippen LogP contribution in [0.4, 0.5) is 4.39 Å². The molecule has 2 aromatic carbocycles. The van der Waals surface area contributed by atoms with Crippen LogP contribution in [0.15, 0.2) is 46.9 Å². The number of nitrogens with two attached hydrogens (primary N) is 1. The summed E-state index contributed by atoms with van der Waals surface area (Å²) in [5.74, 6) is 0.945. The van der Waals surface area contributed by atoms with Crippen LogP contribution in [0.3, 0.4) is 0 Å². The molecule has 0 radical (unpaired) electrons. The largest absolute Gasteiger partial charge is 0.457 e. The van der Waals surface area contributed by atoms with Crippen LogP contribution >= 0.6 is 15.9 Å². The molecule has 0 amide bonds. The number of hydrogen-bond acceptors (Lipinski definition) is 2. The molecule has 0 saturated heterocycles. The highest BCUT2D eigenvalue weighted by atomic mass is 79.9. The Hall–Kier alpha value is -1.39. The fraction of sp³-hybridized carbons (Fsp3) is 0.143. The topological polar surface area (TPSA) is 35.2 Å². The fourth-order valence-corrected chi connectivity index (χ4v) is 1.90. The van der Waals surface area contributed by atoms with Crippen molar-refractivity contribution in [2.24, 2.45) is 5.73 Å². The number of hydrogen-bond donors (Lipinski definition) is 1. The van der Waals surface area contributed by atoms with Gasteiger partial charge in [0.15, 0.2) is 0 Å². The van der Waals surface area contributed by atoms with Crippen LogP contribution in [0, 0.1) is 5.82 Å². The highest BCUT2D eigenvalue weighted by Gasteiger charge is 2.04. The molecule has 0 aliphatic heterocycles. The molecule has 0 aromatic heterocycles. The zero-order chi connectivity index (χ0) is 13.1. The molecule has 2 N–H and O–H groups in total. The van der Waals surface area contributed by atoms with Gasteiger partial charge < -0.3 is 10.5 Å². The van der Waals surface area contributed by atoms with Crippen molar-refractivity contribution < 1.29 is 9.13 Å². The minimum Gasteiger partial charge on any atom is -0.457 e. The van der Waals surface area contributed by atoms with E-state index in [2.05, 4.69) is 15.9 Å². The van der Waals surface area contributed by atoms with E-state index in [0.29, 0.717) is 16.0 Å². The Kier molecular flexibility index (Phi) is 3.99. The van der Waals surface area contributed by atoms with Crippen molar-refractivity contribution in [3.63, 3.8) is 0 Å². The first kappa shape index (κ1) is 13.1. The summed E-state index contributed by atoms with van der Waals surface area (Å²) in [6.07, 6.45) is 0. The highest BCUT2D eigenvalue weighted by molar-refractivity contribution is 9.10. The first-order chi connectivity index (χ1) is 8.56. The third-order valence-corrected chi connectivity index (χ3v) is 3.12. The van der Waals surface area contributed by atoms with Crippen LogP contribution in [0.5, 0.6) is 11.5 Å². The molecule has 0 fully saturated rings. The summed E-state index contributed by atoms with van der Waals surface area (Å²) in [5, 5.41) is 0. The smallest absolute Gasteiger partial charge is 0.137 e. The molecule has 1 atom stereocenters. The maximum absolute atomic E-state index is 13.1. The van der Waals surface area contributed by atoms with Gasteiger partial charge in [-0.3, -0.25) is 0 Å². The third-order valence-electron chi connectivity index (χ3n) is 2.51.